The molecule has 1 saturated heterocycles. The highest BCUT2D eigenvalue weighted by molar-refractivity contribution is 8.10. The van der Waals surface area contributed by atoms with E-state index in [0.29, 0.717) is 5.69 Å². The summed E-state index contributed by atoms with van der Waals surface area (Å²) in [5.74, 6) is 0.853. The third-order valence-corrected chi connectivity index (χ3v) is 3.72. The van der Waals surface area contributed by atoms with Crippen molar-refractivity contribution in [1.82, 2.24) is 0 Å². The maximum absolute atomic E-state index is 13.3. The van der Waals surface area contributed by atoms with E-state index in [1.54, 1.807) is 23.9 Å². The van der Waals surface area contributed by atoms with Gasteiger partial charge in [-0.25, -0.2) is 4.39 Å². The van der Waals surface area contributed by atoms with Crippen LogP contribution in [-0.4, -0.2) is 17.0 Å². The second kappa shape index (κ2) is 3.80. The number of hydrogen-bond donors (Lipinski definition) is 1. The van der Waals surface area contributed by atoms with Crippen molar-refractivity contribution in [2.24, 2.45) is 0 Å². The minimum Gasteiger partial charge on any atom is -0.348 e. The van der Waals surface area contributed by atoms with Crippen molar-refractivity contribution >= 4 is 30.1 Å². The summed E-state index contributed by atoms with van der Waals surface area (Å²) >= 11 is 6.10. The second-order valence-electron chi connectivity index (χ2n) is 2.84. The fourth-order valence-corrected chi connectivity index (χ4v) is 2.85. The van der Waals surface area contributed by atoms with Crippen molar-refractivity contribution in [3.63, 3.8) is 0 Å². The van der Waals surface area contributed by atoms with Crippen LogP contribution in [-0.2, 0) is 0 Å². The summed E-state index contributed by atoms with van der Waals surface area (Å²) in [6.45, 7) is 0.875. The van der Waals surface area contributed by atoms with E-state index in [0.717, 1.165) is 12.3 Å². The number of benzene rings is 1. The third-order valence-electron chi connectivity index (χ3n) is 2.03. The van der Waals surface area contributed by atoms with Gasteiger partial charge in [-0.2, -0.15) is 0 Å². The van der Waals surface area contributed by atoms with Gasteiger partial charge in [0.25, 0.3) is 0 Å². The Balaban J connectivity index is 2.29. The van der Waals surface area contributed by atoms with Crippen molar-refractivity contribution < 1.29 is 4.39 Å². The molecule has 0 N–H and O–H groups in total. The predicted molar refractivity (Wildman–Crippen MR) is 59.0 cm³/mol. The van der Waals surface area contributed by atoms with Crippen LogP contribution in [0.5, 0.6) is 0 Å². The van der Waals surface area contributed by atoms with E-state index in [1.165, 1.54) is 6.07 Å². The second-order valence-corrected chi connectivity index (χ2v) is 4.87. The first-order valence-electron chi connectivity index (χ1n) is 4.10. The first kappa shape index (κ1) is 9.21. The average Bonchev–Trinajstić information content (AvgIpc) is 2.52. The number of rotatable bonds is 1. The van der Waals surface area contributed by atoms with Crippen molar-refractivity contribution in [3.8, 4) is 0 Å². The van der Waals surface area contributed by atoms with Crippen molar-refractivity contribution in [2.45, 2.75) is 4.71 Å². The molecular weight excluding hydrogens is 205 g/mol. The Morgan fingerprint density at radius 2 is 2.23 bits per heavy atom. The molecule has 1 aromatic rings. The molecule has 0 spiro atoms. The summed E-state index contributed by atoms with van der Waals surface area (Å²) in [6.07, 6.45) is 0. The first-order valence-corrected chi connectivity index (χ1v) is 5.66. The Hall–Kier alpha value is -0.350. The number of anilines is 1. The smallest absolute Gasteiger partial charge is 0.146 e. The lowest BCUT2D eigenvalue weighted by molar-refractivity contribution is 0.623. The van der Waals surface area contributed by atoms with Crippen LogP contribution in [0.2, 0.25) is 0 Å². The molecule has 0 amide bonds. The Labute approximate surface area is 86.7 Å². The average molecular weight is 215 g/mol. The molecule has 0 aliphatic carbocycles. The van der Waals surface area contributed by atoms with Gasteiger partial charge in [-0.15, -0.1) is 24.4 Å². The van der Waals surface area contributed by atoms with Crippen LogP contribution in [0, 0.1) is 5.82 Å². The molecule has 1 heterocycles. The van der Waals surface area contributed by atoms with Gasteiger partial charge in [0, 0.05) is 12.3 Å². The number of hydrogen-bond acceptors (Lipinski definition) is 3. The van der Waals surface area contributed by atoms with E-state index in [1.807, 2.05) is 11.0 Å². The van der Waals surface area contributed by atoms with Crippen molar-refractivity contribution in [3.05, 3.63) is 30.1 Å². The summed E-state index contributed by atoms with van der Waals surface area (Å²) in [6, 6.07) is 6.83. The number of thioether (sulfide) groups is 1. The largest absolute Gasteiger partial charge is 0.348 e. The molecule has 1 atom stereocenters. The molecule has 0 aromatic heterocycles. The van der Waals surface area contributed by atoms with Crippen LogP contribution in [0.25, 0.3) is 0 Å². The zero-order chi connectivity index (χ0) is 9.26. The number of nitrogens with zero attached hydrogens (tertiary/aromatic N) is 1. The van der Waals surface area contributed by atoms with E-state index in [4.69, 9.17) is 0 Å². The molecule has 1 aromatic carbocycles. The maximum atomic E-state index is 13.3. The Morgan fingerprint density at radius 1 is 1.46 bits per heavy atom. The molecule has 1 nitrogen and oxygen atoms in total. The monoisotopic (exact) mass is 215 g/mol. The lowest BCUT2D eigenvalue weighted by Gasteiger charge is -2.22. The van der Waals surface area contributed by atoms with E-state index in [2.05, 4.69) is 12.6 Å². The quantitative estimate of drug-likeness (QED) is 0.717. The van der Waals surface area contributed by atoms with E-state index in [9.17, 15) is 4.39 Å². The molecule has 4 heteroatoms. The van der Waals surface area contributed by atoms with Crippen molar-refractivity contribution in [2.75, 3.05) is 17.2 Å². The van der Waals surface area contributed by atoms with E-state index < -0.39 is 0 Å². The molecule has 70 valence electrons. The molecule has 0 radical (unpaired) electrons. The van der Waals surface area contributed by atoms with Gasteiger partial charge in [0.2, 0.25) is 0 Å². The van der Waals surface area contributed by atoms with Crippen LogP contribution >= 0.6 is 24.4 Å². The number of para-hydroxylation sites is 1. The van der Waals surface area contributed by atoms with Crippen LogP contribution < -0.4 is 4.90 Å². The summed E-state index contributed by atoms with van der Waals surface area (Å²) in [4.78, 5) is 1.98. The van der Waals surface area contributed by atoms with Gasteiger partial charge in [0.15, 0.2) is 0 Å². The molecule has 1 aliphatic rings. The van der Waals surface area contributed by atoms with Gasteiger partial charge in [0.1, 0.15) is 10.5 Å². The van der Waals surface area contributed by atoms with E-state index >= 15 is 0 Å². The van der Waals surface area contributed by atoms with Gasteiger partial charge >= 0.3 is 0 Å². The fourth-order valence-electron chi connectivity index (χ4n) is 1.38. The Kier molecular flexibility index (Phi) is 2.69. The summed E-state index contributed by atoms with van der Waals surface area (Å²) in [5, 5.41) is 0. The molecule has 1 fully saturated rings. The van der Waals surface area contributed by atoms with Gasteiger partial charge in [-0.3, -0.25) is 0 Å². The lowest BCUT2D eigenvalue weighted by atomic mass is 10.3. The summed E-state index contributed by atoms with van der Waals surface area (Å²) in [5.41, 5.74) is 0.660. The standard InChI is InChI=1S/C9H10FNS2/c10-7-3-1-2-4-8(7)11-5-6-13-9(11)12/h1-4,9,12H,5-6H2. The maximum Gasteiger partial charge on any atom is 0.146 e. The minimum absolute atomic E-state index is 0.0944. The highest BCUT2D eigenvalue weighted by Crippen LogP contribution is 2.32. The SMILES string of the molecule is Fc1ccccc1N1CCSC1S. The Bertz CT molecular complexity index is 305. The van der Waals surface area contributed by atoms with Crippen LogP contribution in [0.15, 0.2) is 24.3 Å². The van der Waals surface area contributed by atoms with Crippen LogP contribution in [0.3, 0.4) is 0 Å². The number of thiol groups is 1. The molecule has 2 rings (SSSR count). The van der Waals surface area contributed by atoms with Gasteiger partial charge in [-0.05, 0) is 12.1 Å². The molecule has 0 saturated carbocycles. The van der Waals surface area contributed by atoms with Crippen LogP contribution in [0.4, 0.5) is 10.1 Å². The summed E-state index contributed by atoms with van der Waals surface area (Å²) < 4.78 is 13.4. The van der Waals surface area contributed by atoms with Gasteiger partial charge in [-0.1, -0.05) is 12.1 Å². The van der Waals surface area contributed by atoms with Crippen molar-refractivity contribution in [1.29, 1.82) is 0 Å². The summed E-state index contributed by atoms with van der Waals surface area (Å²) in [7, 11) is 0. The fraction of sp³-hybridized carbons (Fsp3) is 0.333. The Morgan fingerprint density at radius 3 is 2.85 bits per heavy atom. The zero-order valence-electron chi connectivity index (χ0n) is 6.98. The molecule has 1 aliphatic heterocycles. The molecule has 13 heavy (non-hydrogen) atoms. The predicted octanol–water partition coefficient (Wildman–Crippen LogP) is 2.59. The first-order chi connectivity index (χ1) is 6.29. The third kappa shape index (κ3) is 1.79. The number of halogens is 1. The molecular formula is C9H10FNS2. The van der Waals surface area contributed by atoms with Gasteiger partial charge < -0.3 is 4.90 Å². The topological polar surface area (TPSA) is 3.24 Å². The minimum atomic E-state index is -0.163. The normalized spacial score (nSPS) is 22.3. The highest BCUT2D eigenvalue weighted by atomic mass is 32.2. The molecule has 0 bridgehead atoms. The van der Waals surface area contributed by atoms with Gasteiger partial charge in [0.05, 0.1) is 5.69 Å². The molecule has 1 unspecified atom stereocenters. The highest BCUT2D eigenvalue weighted by Gasteiger charge is 2.23. The van der Waals surface area contributed by atoms with E-state index in [-0.39, 0.29) is 10.5 Å². The lowest BCUT2D eigenvalue weighted by Crippen LogP contribution is -2.24. The van der Waals surface area contributed by atoms with Crippen LogP contribution in [0.1, 0.15) is 0 Å². The zero-order valence-corrected chi connectivity index (χ0v) is 8.69.